The van der Waals surface area contributed by atoms with Gasteiger partial charge < -0.3 is 0 Å². The van der Waals surface area contributed by atoms with Crippen LogP contribution >= 0.6 is 28.1 Å². The summed E-state index contributed by atoms with van der Waals surface area (Å²) >= 11 is 9.01. The van der Waals surface area contributed by atoms with E-state index in [4.69, 9.17) is 12.2 Å². The highest BCUT2D eigenvalue weighted by atomic mass is 79.9. The lowest BCUT2D eigenvalue weighted by molar-refractivity contribution is -0.120. The molecule has 0 radical (unpaired) electrons. The molecule has 30 heavy (non-hydrogen) atoms. The molecule has 2 amide bonds. The number of thiocarbonyl (C=S) groups is 1. The van der Waals surface area contributed by atoms with Gasteiger partial charge in [-0.15, -0.1) is 0 Å². The van der Waals surface area contributed by atoms with Crippen LogP contribution in [0.1, 0.15) is 11.1 Å². The first-order chi connectivity index (χ1) is 14.5. The van der Waals surface area contributed by atoms with Gasteiger partial charge in [0, 0.05) is 4.47 Å². The summed E-state index contributed by atoms with van der Waals surface area (Å²) in [6, 6.07) is 24.0. The van der Waals surface area contributed by atoms with E-state index >= 15 is 0 Å². The molecule has 0 aromatic heterocycles. The van der Waals surface area contributed by atoms with Gasteiger partial charge in [0.1, 0.15) is 5.57 Å². The number of amides is 2. The molecule has 1 fully saturated rings. The lowest BCUT2D eigenvalue weighted by Gasteiger charge is -2.36. The Bertz CT molecular complexity index is 1160. The quantitative estimate of drug-likeness (QED) is 0.284. The first-order valence-corrected chi connectivity index (χ1v) is 10.5. The van der Waals surface area contributed by atoms with Crippen LogP contribution in [-0.2, 0) is 9.59 Å². The van der Waals surface area contributed by atoms with E-state index in [1.807, 2.05) is 73.7 Å². The van der Waals surface area contributed by atoms with E-state index in [1.165, 1.54) is 9.80 Å². The lowest BCUT2D eigenvalue weighted by Crippen LogP contribution is -2.56. The van der Waals surface area contributed by atoms with Crippen LogP contribution < -0.4 is 9.80 Å². The normalized spacial score (nSPS) is 15.8. The fourth-order valence-corrected chi connectivity index (χ4v) is 3.82. The number of benzene rings is 3. The molecule has 0 bridgehead atoms. The molecule has 0 saturated carbocycles. The van der Waals surface area contributed by atoms with Crippen LogP contribution in [0, 0.1) is 6.92 Å². The van der Waals surface area contributed by atoms with Crippen LogP contribution in [0.3, 0.4) is 0 Å². The van der Waals surface area contributed by atoms with Gasteiger partial charge in [0.15, 0.2) is 5.11 Å². The van der Waals surface area contributed by atoms with Crippen molar-refractivity contribution < 1.29 is 9.59 Å². The molecule has 0 unspecified atom stereocenters. The molecule has 0 atom stereocenters. The summed E-state index contributed by atoms with van der Waals surface area (Å²) in [6.45, 7) is 1.97. The molecule has 0 spiro atoms. The van der Waals surface area contributed by atoms with Gasteiger partial charge in [-0.25, -0.2) is 0 Å². The van der Waals surface area contributed by atoms with Gasteiger partial charge in [-0.2, -0.15) is 0 Å². The van der Waals surface area contributed by atoms with Crippen molar-refractivity contribution in [2.45, 2.75) is 6.92 Å². The van der Waals surface area contributed by atoms with Crippen LogP contribution in [-0.4, -0.2) is 16.9 Å². The van der Waals surface area contributed by atoms with Gasteiger partial charge in [-0.1, -0.05) is 64.0 Å². The van der Waals surface area contributed by atoms with Crippen molar-refractivity contribution in [1.29, 1.82) is 0 Å². The van der Waals surface area contributed by atoms with Crippen molar-refractivity contribution in [2.24, 2.45) is 0 Å². The molecule has 3 aromatic carbocycles. The molecule has 0 aliphatic carbocycles. The largest absolute Gasteiger partial charge is 0.270 e. The molecule has 148 valence electrons. The Morgan fingerprint density at radius 1 is 0.767 bits per heavy atom. The lowest BCUT2D eigenvalue weighted by atomic mass is 10.0. The molecule has 1 saturated heterocycles. The number of aryl methyl sites for hydroxylation is 1. The zero-order valence-electron chi connectivity index (χ0n) is 16.1. The number of carbonyl (C=O) groups is 2. The Morgan fingerprint density at radius 2 is 1.30 bits per heavy atom. The summed E-state index contributed by atoms with van der Waals surface area (Å²) in [5.41, 5.74) is 3.09. The third-order valence-corrected chi connectivity index (χ3v) is 5.63. The van der Waals surface area contributed by atoms with Crippen molar-refractivity contribution in [3.63, 3.8) is 0 Å². The Balaban J connectivity index is 1.86. The van der Waals surface area contributed by atoms with Crippen LogP contribution in [0.2, 0.25) is 0 Å². The highest BCUT2D eigenvalue weighted by molar-refractivity contribution is 9.10. The molecule has 1 heterocycles. The van der Waals surface area contributed by atoms with E-state index in [0.29, 0.717) is 11.4 Å². The number of hydrogen-bond donors (Lipinski definition) is 0. The standard InChI is InChI=1S/C24H17BrN2O2S/c1-16-7-13-20(14-8-16)27-23(29)21(15-17-9-11-18(25)12-10-17)22(28)26(24(27)30)19-5-3-2-4-6-19/h2-15H,1H3/b21-15+. The van der Waals surface area contributed by atoms with E-state index < -0.39 is 11.8 Å². The van der Waals surface area contributed by atoms with E-state index in [2.05, 4.69) is 15.9 Å². The Morgan fingerprint density at radius 3 is 1.87 bits per heavy atom. The number of carbonyl (C=O) groups excluding carboxylic acids is 2. The summed E-state index contributed by atoms with van der Waals surface area (Å²) in [5, 5.41) is 0.132. The molecule has 3 aromatic rings. The van der Waals surface area contributed by atoms with E-state index in [-0.39, 0.29) is 10.7 Å². The highest BCUT2D eigenvalue weighted by Gasteiger charge is 2.41. The monoisotopic (exact) mass is 476 g/mol. The van der Waals surface area contributed by atoms with Crippen molar-refractivity contribution in [2.75, 3.05) is 9.80 Å². The zero-order valence-corrected chi connectivity index (χ0v) is 18.5. The fraction of sp³-hybridized carbons (Fsp3) is 0.0417. The maximum Gasteiger partial charge on any atom is 0.270 e. The maximum atomic E-state index is 13.4. The first kappa shape index (κ1) is 20.2. The number of rotatable bonds is 3. The number of para-hydroxylation sites is 1. The third kappa shape index (κ3) is 3.84. The summed E-state index contributed by atoms with van der Waals surface area (Å²) in [7, 11) is 0. The zero-order chi connectivity index (χ0) is 21.3. The summed E-state index contributed by atoms with van der Waals surface area (Å²) in [5.74, 6) is -0.883. The molecule has 4 rings (SSSR count). The summed E-state index contributed by atoms with van der Waals surface area (Å²) < 4.78 is 0.916. The molecular weight excluding hydrogens is 460 g/mol. The second-order valence-corrected chi connectivity index (χ2v) is 8.13. The average Bonchev–Trinajstić information content (AvgIpc) is 2.75. The fourth-order valence-electron chi connectivity index (χ4n) is 3.18. The van der Waals surface area contributed by atoms with Crippen LogP contribution in [0.25, 0.3) is 6.08 Å². The minimum atomic E-state index is -0.442. The number of halogens is 1. The average molecular weight is 477 g/mol. The maximum absolute atomic E-state index is 13.4. The Hall–Kier alpha value is -3.09. The predicted molar refractivity (Wildman–Crippen MR) is 127 cm³/mol. The van der Waals surface area contributed by atoms with Gasteiger partial charge in [0.05, 0.1) is 11.4 Å². The summed E-state index contributed by atoms with van der Waals surface area (Å²) in [4.78, 5) is 29.6. The van der Waals surface area contributed by atoms with E-state index in [9.17, 15) is 9.59 Å². The van der Waals surface area contributed by atoms with Crippen molar-refractivity contribution in [3.05, 3.63) is 100 Å². The second kappa shape index (κ2) is 8.34. The number of anilines is 2. The minimum absolute atomic E-state index is 0.0513. The van der Waals surface area contributed by atoms with Crippen molar-refractivity contribution in [3.8, 4) is 0 Å². The van der Waals surface area contributed by atoms with E-state index in [0.717, 1.165) is 15.6 Å². The summed E-state index contributed by atoms with van der Waals surface area (Å²) in [6.07, 6.45) is 1.61. The highest BCUT2D eigenvalue weighted by Crippen LogP contribution is 2.30. The topological polar surface area (TPSA) is 40.6 Å². The number of hydrogen-bond acceptors (Lipinski definition) is 3. The second-order valence-electron chi connectivity index (χ2n) is 6.84. The first-order valence-electron chi connectivity index (χ1n) is 9.27. The van der Waals surface area contributed by atoms with Gasteiger partial charge in [0.2, 0.25) is 0 Å². The van der Waals surface area contributed by atoms with Gasteiger partial charge >= 0.3 is 0 Å². The smallest absolute Gasteiger partial charge is 0.268 e. The van der Waals surface area contributed by atoms with Gasteiger partial charge in [0.25, 0.3) is 11.8 Å². The Kier molecular flexibility index (Phi) is 5.61. The van der Waals surface area contributed by atoms with Crippen molar-refractivity contribution >= 4 is 62.5 Å². The SMILES string of the molecule is Cc1ccc(N2C(=O)/C(=C/c3ccc(Br)cc3)C(=O)N(c3ccccc3)C2=S)cc1. The van der Waals surface area contributed by atoms with Gasteiger partial charge in [-0.3, -0.25) is 19.4 Å². The van der Waals surface area contributed by atoms with Crippen LogP contribution in [0.15, 0.2) is 88.9 Å². The number of nitrogens with zero attached hydrogens (tertiary/aromatic N) is 2. The molecular formula is C24H17BrN2O2S. The molecule has 4 nitrogen and oxygen atoms in total. The van der Waals surface area contributed by atoms with Crippen LogP contribution in [0.4, 0.5) is 11.4 Å². The minimum Gasteiger partial charge on any atom is -0.268 e. The predicted octanol–water partition coefficient (Wildman–Crippen LogP) is 5.51. The third-order valence-electron chi connectivity index (χ3n) is 4.74. The van der Waals surface area contributed by atoms with Crippen molar-refractivity contribution in [1.82, 2.24) is 0 Å². The Labute approximate surface area is 188 Å². The molecule has 1 aliphatic rings. The van der Waals surface area contributed by atoms with Crippen LogP contribution in [0.5, 0.6) is 0 Å². The molecule has 0 N–H and O–H groups in total. The van der Waals surface area contributed by atoms with E-state index in [1.54, 1.807) is 18.2 Å². The van der Waals surface area contributed by atoms with Gasteiger partial charge in [-0.05, 0) is 67.2 Å². The molecule has 1 aliphatic heterocycles. The molecule has 6 heteroatoms.